The Morgan fingerprint density at radius 3 is 2.46 bits per heavy atom. The standard InChI is InChI=1S/C9H12N2O2/c1-11(2)8-6(9(12)13)4-3-5-7(8)10/h3-5H,10H2,1-2H3,(H,12,13). The van der Waals surface area contributed by atoms with Gasteiger partial charge >= 0.3 is 5.97 Å². The Morgan fingerprint density at radius 1 is 1.46 bits per heavy atom. The van der Waals surface area contributed by atoms with Crippen LogP contribution in [0, 0.1) is 0 Å². The quantitative estimate of drug-likeness (QED) is 0.667. The van der Waals surface area contributed by atoms with Crippen LogP contribution in [0.2, 0.25) is 0 Å². The van der Waals surface area contributed by atoms with E-state index < -0.39 is 5.97 Å². The van der Waals surface area contributed by atoms with Gasteiger partial charge in [0.05, 0.1) is 16.9 Å². The maximum atomic E-state index is 10.8. The van der Waals surface area contributed by atoms with Crippen molar-refractivity contribution in [1.82, 2.24) is 0 Å². The second kappa shape index (κ2) is 3.35. The summed E-state index contributed by atoms with van der Waals surface area (Å²) in [6, 6.07) is 4.85. The van der Waals surface area contributed by atoms with E-state index in [0.29, 0.717) is 11.4 Å². The highest BCUT2D eigenvalue weighted by Crippen LogP contribution is 2.25. The van der Waals surface area contributed by atoms with Crippen molar-refractivity contribution in [2.24, 2.45) is 0 Å². The number of aromatic carboxylic acids is 1. The van der Waals surface area contributed by atoms with Crippen LogP contribution in [0.15, 0.2) is 18.2 Å². The first kappa shape index (κ1) is 9.38. The van der Waals surface area contributed by atoms with Crippen molar-refractivity contribution in [3.63, 3.8) is 0 Å². The fourth-order valence-electron chi connectivity index (χ4n) is 1.23. The van der Waals surface area contributed by atoms with Crippen LogP contribution in [-0.2, 0) is 0 Å². The summed E-state index contributed by atoms with van der Waals surface area (Å²) < 4.78 is 0. The molecular weight excluding hydrogens is 168 g/mol. The average molecular weight is 180 g/mol. The van der Waals surface area contributed by atoms with Crippen LogP contribution >= 0.6 is 0 Å². The smallest absolute Gasteiger partial charge is 0.337 e. The molecule has 3 N–H and O–H groups in total. The normalized spacial score (nSPS) is 9.69. The molecular formula is C9H12N2O2. The summed E-state index contributed by atoms with van der Waals surface area (Å²) in [5.74, 6) is -0.962. The molecule has 13 heavy (non-hydrogen) atoms. The van der Waals surface area contributed by atoms with Crippen molar-refractivity contribution >= 4 is 17.3 Å². The highest BCUT2D eigenvalue weighted by Gasteiger charge is 2.13. The topological polar surface area (TPSA) is 66.6 Å². The lowest BCUT2D eigenvalue weighted by Crippen LogP contribution is -2.15. The average Bonchev–Trinajstić information content (AvgIpc) is 2.02. The Balaban J connectivity index is 3.34. The summed E-state index contributed by atoms with van der Waals surface area (Å²) in [5, 5.41) is 8.86. The van der Waals surface area contributed by atoms with Gasteiger partial charge in [-0.1, -0.05) is 6.07 Å². The first-order valence-corrected chi connectivity index (χ1v) is 3.83. The molecule has 4 nitrogen and oxygen atoms in total. The summed E-state index contributed by atoms with van der Waals surface area (Å²) in [6.07, 6.45) is 0. The Labute approximate surface area is 76.6 Å². The second-order valence-electron chi connectivity index (χ2n) is 2.94. The molecule has 0 saturated carbocycles. The van der Waals surface area contributed by atoms with Crippen LogP contribution < -0.4 is 10.6 Å². The van der Waals surface area contributed by atoms with Crippen LogP contribution in [0.5, 0.6) is 0 Å². The Bertz CT molecular complexity index is 334. The SMILES string of the molecule is CN(C)c1c(N)cccc1C(=O)O. The fourth-order valence-corrected chi connectivity index (χ4v) is 1.23. The lowest BCUT2D eigenvalue weighted by atomic mass is 10.1. The minimum Gasteiger partial charge on any atom is -0.478 e. The molecule has 1 aromatic rings. The summed E-state index contributed by atoms with van der Waals surface area (Å²) in [4.78, 5) is 12.5. The van der Waals surface area contributed by atoms with Crippen molar-refractivity contribution in [2.75, 3.05) is 24.7 Å². The third kappa shape index (κ3) is 1.72. The van der Waals surface area contributed by atoms with Crippen molar-refractivity contribution in [3.05, 3.63) is 23.8 Å². The van der Waals surface area contributed by atoms with Crippen LogP contribution in [-0.4, -0.2) is 25.2 Å². The third-order valence-corrected chi connectivity index (χ3v) is 1.74. The fraction of sp³-hybridized carbons (Fsp3) is 0.222. The van der Waals surface area contributed by atoms with Gasteiger partial charge in [0, 0.05) is 14.1 Å². The van der Waals surface area contributed by atoms with Gasteiger partial charge in [-0.15, -0.1) is 0 Å². The van der Waals surface area contributed by atoms with Gasteiger partial charge in [-0.25, -0.2) is 4.79 Å². The molecule has 0 bridgehead atoms. The predicted octanol–water partition coefficient (Wildman–Crippen LogP) is 1.03. The molecule has 4 heteroatoms. The van der Waals surface area contributed by atoms with Crippen LogP contribution in [0.3, 0.4) is 0 Å². The number of nitrogens with two attached hydrogens (primary N) is 1. The van der Waals surface area contributed by atoms with Gasteiger partial charge in [0.15, 0.2) is 0 Å². The Hall–Kier alpha value is -1.71. The minimum atomic E-state index is -0.962. The van der Waals surface area contributed by atoms with E-state index >= 15 is 0 Å². The molecule has 0 atom stereocenters. The number of anilines is 2. The second-order valence-corrected chi connectivity index (χ2v) is 2.94. The number of hydrogen-bond acceptors (Lipinski definition) is 3. The van der Waals surface area contributed by atoms with E-state index in [-0.39, 0.29) is 5.56 Å². The van der Waals surface area contributed by atoms with Crippen LogP contribution in [0.4, 0.5) is 11.4 Å². The first-order valence-electron chi connectivity index (χ1n) is 3.83. The van der Waals surface area contributed by atoms with E-state index in [9.17, 15) is 4.79 Å². The zero-order chi connectivity index (χ0) is 10.0. The van der Waals surface area contributed by atoms with Crippen LogP contribution in [0.25, 0.3) is 0 Å². The van der Waals surface area contributed by atoms with Crippen molar-refractivity contribution in [1.29, 1.82) is 0 Å². The zero-order valence-corrected chi connectivity index (χ0v) is 7.61. The molecule has 0 radical (unpaired) electrons. The molecule has 0 unspecified atom stereocenters. The van der Waals surface area contributed by atoms with E-state index in [1.807, 2.05) is 0 Å². The summed E-state index contributed by atoms with van der Waals surface area (Å²) in [5.41, 5.74) is 6.91. The Morgan fingerprint density at radius 2 is 2.08 bits per heavy atom. The monoisotopic (exact) mass is 180 g/mol. The highest BCUT2D eigenvalue weighted by atomic mass is 16.4. The van der Waals surface area contributed by atoms with Crippen molar-refractivity contribution < 1.29 is 9.90 Å². The maximum absolute atomic E-state index is 10.8. The maximum Gasteiger partial charge on any atom is 0.337 e. The predicted molar refractivity (Wildman–Crippen MR) is 52.1 cm³/mol. The van der Waals surface area contributed by atoms with Gasteiger partial charge < -0.3 is 15.7 Å². The van der Waals surface area contributed by atoms with E-state index in [1.54, 1.807) is 31.1 Å². The first-order chi connectivity index (χ1) is 6.04. The summed E-state index contributed by atoms with van der Waals surface area (Å²) >= 11 is 0. The zero-order valence-electron chi connectivity index (χ0n) is 7.61. The van der Waals surface area contributed by atoms with Gasteiger partial charge in [0.2, 0.25) is 0 Å². The van der Waals surface area contributed by atoms with Crippen LogP contribution in [0.1, 0.15) is 10.4 Å². The minimum absolute atomic E-state index is 0.227. The molecule has 0 saturated heterocycles. The molecule has 0 aliphatic heterocycles. The van der Waals surface area contributed by atoms with E-state index in [4.69, 9.17) is 10.8 Å². The van der Waals surface area contributed by atoms with Crippen molar-refractivity contribution in [3.8, 4) is 0 Å². The largest absolute Gasteiger partial charge is 0.478 e. The number of para-hydroxylation sites is 1. The number of carboxylic acids is 1. The van der Waals surface area contributed by atoms with Crippen molar-refractivity contribution in [2.45, 2.75) is 0 Å². The lowest BCUT2D eigenvalue weighted by Gasteiger charge is -2.17. The number of benzene rings is 1. The van der Waals surface area contributed by atoms with Gasteiger partial charge in [0.1, 0.15) is 0 Å². The molecule has 70 valence electrons. The molecule has 0 spiro atoms. The Kier molecular flexibility index (Phi) is 2.41. The third-order valence-electron chi connectivity index (χ3n) is 1.74. The number of carboxylic acid groups (broad SMARTS) is 1. The molecule has 0 aromatic heterocycles. The highest BCUT2D eigenvalue weighted by molar-refractivity contribution is 5.97. The number of nitrogen functional groups attached to an aromatic ring is 1. The number of carbonyl (C=O) groups is 1. The lowest BCUT2D eigenvalue weighted by molar-refractivity contribution is 0.0697. The molecule has 0 heterocycles. The molecule has 0 amide bonds. The van der Waals surface area contributed by atoms with E-state index in [1.165, 1.54) is 6.07 Å². The number of nitrogens with zero attached hydrogens (tertiary/aromatic N) is 1. The number of rotatable bonds is 2. The van der Waals surface area contributed by atoms with Gasteiger partial charge in [-0.3, -0.25) is 0 Å². The molecule has 0 aliphatic carbocycles. The molecule has 1 aromatic carbocycles. The molecule has 1 rings (SSSR count). The van der Waals surface area contributed by atoms with Gasteiger partial charge in [-0.05, 0) is 12.1 Å². The molecule has 0 aliphatic rings. The number of hydrogen-bond donors (Lipinski definition) is 2. The van der Waals surface area contributed by atoms with E-state index in [0.717, 1.165) is 0 Å². The van der Waals surface area contributed by atoms with Gasteiger partial charge in [-0.2, -0.15) is 0 Å². The van der Waals surface area contributed by atoms with Gasteiger partial charge in [0.25, 0.3) is 0 Å². The molecule has 0 fully saturated rings. The summed E-state index contributed by atoms with van der Waals surface area (Å²) in [6.45, 7) is 0. The summed E-state index contributed by atoms with van der Waals surface area (Å²) in [7, 11) is 3.52. The van der Waals surface area contributed by atoms with E-state index in [2.05, 4.69) is 0 Å².